The van der Waals surface area contributed by atoms with Gasteiger partial charge in [0.25, 0.3) is 0 Å². The summed E-state index contributed by atoms with van der Waals surface area (Å²) in [6.07, 6.45) is 5.10. The molecule has 20 heavy (non-hydrogen) atoms. The molecule has 114 valence electrons. The first kappa shape index (κ1) is 17.3. The highest BCUT2D eigenvalue weighted by molar-refractivity contribution is 5.85. The van der Waals surface area contributed by atoms with Crippen LogP contribution in [-0.2, 0) is 0 Å². The molecular weight excluding hydrogens is 270 g/mol. The standard InChI is InChI=1S/C17H27NO.ClH/c1-13(2)15-8-7-14(3)17(12-15)19-11-9-16-6-4-5-10-18-16;/h7-8,12-13,16,18H,4-6,9-11H2,1-3H3;1H. The molecule has 0 aliphatic carbocycles. The Morgan fingerprint density at radius 1 is 1.30 bits per heavy atom. The van der Waals surface area contributed by atoms with Gasteiger partial charge in [0, 0.05) is 6.04 Å². The molecule has 2 rings (SSSR count). The van der Waals surface area contributed by atoms with Gasteiger partial charge in [-0.15, -0.1) is 12.4 Å². The Morgan fingerprint density at radius 2 is 2.10 bits per heavy atom. The average Bonchev–Trinajstić information content (AvgIpc) is 2.42. The average molecular weight is 298 g/mol. The van der Waals surface area contributed by atoms with Gasteiger partial charge in [-0.05, 0) is 55.8 Å². The van der Waals surface area contributed by atoms with Crippen LogP contribution in [0.3, 0.4) is 0 Å². The molecule has 1 heterocycles. The van der Waals surface area contributed by atoms with Crippen LogP contribution >= 0.6 is 12.4 Å². The van der Waals surface area contributed by atoms with Crippen LogP contribution in [-0.4, -0.2) is 19.2 Å². The largest absolute Gasteiger partial charge is 0.493 e. The van der Waals surface area contributed by atoms with E-state index in [0.29, 0.717) is 12.0 Å². The molecule has 0 radical (unpaired) electrons. The molecular formula is C17H28ClNO. The number of hydrogen-bond donors (Lipinski definition) is 1. The van der Waals surface area contributed by atoms with E-state index in [2.05, 4.69) is 44.3 Å². The Balaban J connectivity index is 0.00000200. The maximum Gasteiger partial charge on any atom is 0.122 e. The van der Waals surface area contributed by atoms with E-state index < -0.39 is 0 Å². The van der Waals surface area contributed by atoms with Gasteiger partial charge in [0.1, 0.15) is 5.75 Å². The van der Waals surface area contributed by atoms with Gasteiger partial charge >= 0.3 is 0 Å². The third-order valence-corrected chi connectivity index (χ3v) is 4.02. The van der Waals surface area contributed by atoms with E-state index in [1.54, 1.807) is 0 Å². The van der Waals surface area contributed by atoms with E-state index in [9.17, 15) is 0 Å². The normalized spacial score (nSPS) is 18.7. The number of benzene rings is 1. The van der Waals surface area contributed by atoms with Gasteiger partial charge < -0.3 is 10.1 Å². The zero-order valence-electron chi connectivity index (χ0n) is 12.9. The fourth-order valence-corrected chi connectivity index (χ4v) is 2.61. The van der Waals surface area contributed by atoms with Gasteiger partial charge in [-0.25, -0.2) is 0 Å². The van der Waals surface area contributed by atoms with Crippen LogP contribution in [0.5, 0.6) is 5.75 Å². The first-order valence-electron chi connectivity index (χ1n) is 7.63. The Labute approximate surface area is 129 Å². The second kappa shape index (κ2) is 8.53. The van der Waals surface area contributed by atoms with Crippen LogP contribution in [0.15, 0.2) is 18.2 Å². The number of hydrogen-bond acceptors (Lipinski definition) is 2. The summed E-state index contributed by atoms with van der Waals surface area (Å²) < 4.78 is 5.99. The van der Waals surface area contributed by atoms with Gasteiger partial charge in [0.2, 0.25) is 0 Å². The van der Waals surface area contributed by atoms with Crippen LogP contribution in [0.1, 0.15) is 56.6 Å². The number of halogens is 1. The molecule has 1 aromatic rings. The van der Waals surface area contributed by atoms with Crippen molar-refractivity contribution in [2.75, 3.05) is 13.2 Å². The summed E-state index contributed by atoms with van der Waals surface area (Å²) in [5.74, 6) is 1.62. The van der Waals surface area contributed by atoms with Gasteiger partial charge in [-0.1, -0.05) is 32.4 Å². The lowest BCUT2D eigenvalue weighted by molar-refractivity contribution is 0.266. The highest BCUT2D eigenvalue weighted by Crippen LogP contribution is 2.24. The molecule has 0 aromatic heterocycles. The van der Waals surface area contributed by atoms with E-state index in [-0.39, 0.29) is 12.4 Å². The lowest BCUT2D eigenvalue weighted by atomic mass is 10.0. The molecule has 1 fully saturated rings. The zero-order chi connectivity index (χ0) is 13.7. The maximum absolute atomic E-state index is 5.99. The molecule has 0 amide bonds. The van der Waals surface area contributed by atoms with Crippen molar-refractivity contribution in [1.82, 2.24) is 5.32 Å². The van der Waals surface area contributed by atoms with E-state index in [1.807, 2.05) is 0 Å². The van der Waals surface area contributed by atoms with Crippen LogP contribution in [0.4, 0.5) is 0 Å². The second-order valence-electron chi connectivity index (χ2n) is 5.96. The first-order chi connectivity index (χ1) is 9.16. The molecule has 1 aliphatic heterocycles. The SMILES string of the molecule is Cc1ccc(C(C)C)cc1OCCC1CCCCN1.Cl. The molecule has 1 unspecified atom stereocenters. The molecule has 0 spiro atoms. The topological polar surface area (TPSA) is 21.3 Å². The highest BCUT2D eigenvalue weighted by atomic mass is 35.5. The molecule has 1 aromatic carbocycles. The van der Waals surface area contributed by atoms with Crippen molar-refractivity contribution in [2.24, 2.45) is 0 Å². The van der Waals surface area contributed by atoms with E-state index in [4.69, 9.17) is 4.74 Å². The summed E-state index contributed by atoms with van der Waals surface area (Å²) in [4.78, 5) is 0. The van der Waals surface area contributed by atoms with Crippen LogP contribution in [0.25, 0.3) is 0 Å². The molecule has 1 aliphatic rings. The van der Waals surface area contributed by atoms with E-state index in [1.165, 1.54) is 36.9 Å². The Hall–Kier alpha value is -0.730. The van der Waals surface area contributed by atoms with Crippen molar-refractivity contribution in [3.63, 3.8) is 0 Å². The number of aryl methyl sites for hydroxylation is 1. The first-order valence-corrected chi connectivity index (χ1v) is 7.63. The number of rotatable bonds is 5. The van der Waals surface area contributed by atoms with Crippen molar-refractivity contribution in [2.45, 2.75) is 58.4 Å². The van der Waals surface area contributed by atoms with Gasteiger partial charge in [-0.3, -0.25) is 0 Å². The minimum atomic E-state index is 0. The van der Waals surface area contributed by atoms with Crippen molar-refractivity contribution in [1.29, 1.82) is 0 Å². The van der Waals surface area contributed by atoms with Crippen LogP contribution in [0, 0.1) is 6.92 Å². The fourth-order valence-electron chi connectivity index (χ4n) is 2.61. The number of piperidine rings is 1. The molecule has 0 bridgehead atoms. The molecule has 3 heteroatoms. The second-order valence-corrected chi connectivity index (χ2v) is 5.96. The molecule has 1 N–H and O–H groups in total. The van der Waals surface area contributed by atoms with Gasteiger partial charge in [0.05, 0.1) is 6.61 Å². The Kier molecular flexibility index (Phi) is 7.39. The minimum absolute atomic E-state index is 0. The minimum Gasteiger partial charge on any atom is -0.493 e. The predicted molar refractivity (Wildman–Crippen MR) is 88.3 cm³/mol. The molecule has 2 nitrogen and oxygen atoms in total. The summed E-state index contributed by atoms with van der Waals surface area (Å²) in [6, 6.07) is 7.23. The van der Waals surface area contributed by atoms with E-state index >= 15 is 0 Å². The van der Waals surface area contributed by atoms with Crippen LogP contribution in [0.2, 0.25) is 0 Å². The molecule has 0 saturated carbocycles. The number of ether oxygens (including phenoxy) is 1. The summed E-state index contributed by atoms with van der Waals surface area (Å²) in [5.41, 5.74) is 2.59. The van der Waals surface area contributed by atoms with Crippen LogP contribution < -0.4 is 10.1 Å². The third-order valence-electron chi connectivity index (χ3n) is 4.02. The third kappa shape index (κ3) is 4.99. The monoisotopic (exact) mass is 297 g/mol. The quantitative estimate of drug-likeness (QED) is 0.867. The predicted octanol–water partition coefficient (Wildman–Crippen LogP) is 4.45. The van der Waals surface area contributed by atoms with Crippen molar-refractivity contribution < 1.29 is 4.74 Å². The zero-order valence-corrected chi connectivity index (χ0v) is 13.8. The lowest BCUT2D eigenvalue weighted by Crippen LogP contribution is -2.35. The molecule has 1 saturated heterocycles. The lowest BCUT2D eigenvalue weighted by Gasteiger charge is -2.23. The summed E-state index contributed by atoms with van der Waals surface area (Å²) >= 11 is 0. The summed E-state index contributed by atoms with van der Waals surface area (Å²) in [5, 5.41) is 3.57. The van der Waals surface area contributed by atoms with Crippen molar-refractivity contribution in [3.8, 4) is 5.75 Å². The number of nitrogens with one attached hydrogen (secondary N) is 1. The van der Waals surface area contributed by atoms with Gasteiger partial charge in [-0.2, -0.15) is 0 Å². The van der Waals surface area contributed by atoms with Crippen molar-refractivity contribution in [3.05, 3.63) is 29.3 Å². The smallest absolute Gasteiger partial charge is 0.122 e. The summed E-state index contributed by atoms with van der Waals surface area (Å²) in [7, 11) is 0. The highest BCUT2D eigenvalue weighted by Gasteiger charge is 2.12. The van der Waals surface area contributed by atoms with E-state index in [0.717, 1.165) is 18.8 Å². The van der Waals surface area contributed by atoms with Gasteiger partial charge in [0.15, 0.2) is 0 Å². The van der Waals surface area contributed by atoms with Crippen molar-refractivity contribution >= 4 is 12.4 Å². The Bertz CT molecular complexity index is 400. The fraction of sp³-hybridized carbons (Fsp3) is 0.647. The maximum atomic E-state index is 5.99. The summed E-state index contributed by atoms with van der Waals surface area (Å²) in [6.45, 7) is 8.56. The Morgan fingerprint density at radius 3 is 2.75 bits per heavy atom. The molecule has 1 atom stereocenters.